The second-order valence-electron chi connectivity index (χ2n) is 3.88. The van der Waals surface area contributed by atoms with Crippen molar-refractivity contribution in [2.75, 3.05) is 17.9 Å². The van der Waals surface area contributed by atoms with E-state index in [9.17, 15) is 4.39 Å². The number of hydrazine groups is 1. The van der Waals surface area contributed by atoms with E-state index in [0.717, 1.165) is 9.26 Å². The lowest BCUT2D eigenvalue weighted by molar-refractivity contribution is 0.178. The molecule has 0 atom stereocenters. The monoisotopic (exact) mass is 389 g/mol. The highest BCUT2D eigenvalue weighted by atomic mass is 127. The molecule has 1 aromatic carbocycles. The Kier molecular flexibility index (Phi) is 5.04. The van der Waals surface area contributed by atoms with E-state index < -0.39 is 0 Å². The third-order valence-corrected chi connectivity index (χ3v) is 3.28. The molecule has 0 radical (unpaired) electrons. The maximum absolute atomic E-state index is 13.1. The molecule has 0 fully saturated rings. The molecule has 0 aliphatic rings. The molecule has 2 rings (SSSR count). The molecule has 0 saturated heterocycles. The summed E-state index contributed by atoms with van der Waals surface area (Å²) in [6.07, 6.45) is 0. The van der Waals surface area contributed by atoms with Crippen LogP contribution in [0.3, 0.4) is 0 Å². The Labute approximate surface area is 129 Å². The number of anilines is 3. The number of nitrogens with zero attached hydrogens (tertiary/aromatic N) is 2. The second kappa shape index (κ2) is 6.77. The number of ether oxygens (including phenoxy) is 1. The van der Waals surface area contributed by atoms with Gasteiger partial charge in [0, 0.05) is 16.7 Å². The zero-order valence-corrected chi connectivity index (χ0v) is 12.8. The fourth-order valence-corrected chi connectivity index (χ4v) is 2.17. The molecular weight excluding hydrogens is 376 g/mol. The number of nitrogens with one attached hydrogen (secondary N) is 2. The Bertz CT molecular complexity index is 610. The molecule has 0 aliphatic carbocycles. The normalized spacial score (nSPS) is 10.4. The zero-order chi connectivity index (χ0) is 14.5. The van der Waals surface area contributed by atoms with Crippen molar-refractivity contribution >= 4 is 39.9 Å². The van der Waals surface area contributed by atoms with Gasteiger partial charge in [0.05, 0.1) is 5.69 Å². The number of aromatic nitrogens is 2. The molecule has 8 heteroatoms. The van der Waals surface area contributed by atoms with Gasteiger partial charge in [-0.2, -0.15) is 0 Å². The van der Waals surface area contributed by atoms with Gasteiger partial charge >= 0.3 is 0 Å². The number of rotatable bonds is 5. The third kappa shape index (κ3) is 3.74. The average molecular weight is 389 g/mol. The van der Waals surface area contributed by atoms with Crippen molar-refractivity contribution in [1.29, 1.82) is 0 Å². The van der Waals surface area contributed by atoms with Crippen molar-refractivity contribution in [3.05, 3.63) is 39.5 Å². The van der Waals surface area contributed by atoms with Crippen molar-refractivity contribution in [3.8, 4) is 0 Å². The highest BCUT2D eigenvalue weighted by Gasteiger charge is 2.07. The van der Waals surface area contributed by atoms with E-state index >= 15 is 0 Å². The molecule has 2 aromatic rings. The Morgan fingerprint density at radius 2 is 2.05 bits per heavy atom. The van der Waals surface area contributed by atoms with Gasteiger partial charge in [0.25, 0.3) is 0 Å². The van der Waals surface area contributed by atoms with Crippen LogP contribution in [-0.2, 0) is 11.3 Å². The Morgan fingerprint density at radius 1 is 1.30 bits per heavy atom. The van der Waals surface area contributed by atoms with E-state index in [1.165, 1.54) is 12.1 Å². The molecule has 1 heterocycles. The fraction of sp³-hybridized carbons (Fsp3) is 0.167. The lowest BCUT2D eigenvalue weighted by atomic mass is 10.3. The van der Waals surface area contributed by atoms with Crippen LogP contribution in [0.1, 0.15) is 5.82 Å². The van der Waals surface area contributed by atoms with E-state index in [1.807, 2.05) is 22.6 Å². The first kappa shape index (κ1) is 14.9. The SMILES string of the molecule is COCc1nc(NN)cc(Nc2ccc(F)cc2I)n1. The summed E-state index contributed by atoms with van der Waals surface area (Å²) >= 11 is 2.05. The highest BCUT2D eigenvalue weighted by molar-refractivity contribution is 14.1. The first-order valence-corrected chi connectivity index (χ1v) is 6.76. The Balaban J connectivity index is 2.29. The predicted molar refractivity (Wildman–Crippen MR) is 83.0 cm³/mol. The van der Waals surface area contributed by atoms with Crippen molar-refractivity contribution in [3.63, 3.8) is 0 Å². The number of nitrogens with two attached hydrogens (primary N) is 1. The van der Waals surface area contributed by atoms with E-state index in [2.05, 4.69) is 20.7 Å². The van der Waals surface area contributed by atoms with Crippen LogP contribution in [0.2, 0.25) is 0 Å². The summed E-state index contributed by atoms with van der Waals surface area (Å²) in [6, 6.07) is 6.11. The summed E-state index contributed by atoms with van der Waals surface area (Å²) in [5.74, 6) is 6.58. The van der Waals surface area contributed by atoms with E-state index in [4.69, 9.17) is 10.6 Å². The summed E-state index contributed by atoms with van der Waals surface area (Å²) in [6.45, 7) is 0.269. The molecule has 0 saturated carbocycles. The van der Waals surface area contributed by atoms with E-state index in [-0.39, 0.29) is 12.4 Å². The second-order valence-corrected chi connectivity index (χ2v) is 5.04. The molecule has 106 valence electrons. The van der Waals surface area contributed by atoms with Gasteiger partial charge in [-0.05, 0) is 40.8 Å². The van der Waals surface area contributed by atoms with Gasteiger partial charge in [0.15, 0.2) is 5.82 Å². The van der Waals surface area contributed by atoms with Crippen molar-refractivity contribution in [1.82, 2.24) is 9.97 Å². The average Bonchev–Trinajstić information content (AvgIpc) is 2.42. The van der Waals surface area contributed by atoms with Crippen molar-refractivity contribution in [2.45, 2.75) is 6.61 Å². The highest BCUT2D eigenvalue weighted by Crippen LogP contribution is 2.23. The van der Waals surface area contributed by atoms with Crippen LogP contribution in [-0.4, -0.2) is 17.1 Å². The van der Waals surface area contributed by atoms with Crippen LogP contribution >= 0.6 is 22.6 Å². The summed E-state index contributed by atoms with van der Waals surface area (Å²) in [5, 5.41) is 3.10. The van der Waals surface area contributed by atoms with Crippen LogP contribution in [0.25, 0.3) is 0 Å². The number of halogens is 2. The predicted octanol–water partition coefficient (Wildman–Crippen LogP) is 2.40. The minimum atomic E-state index is -0.285. The molecule has 0 unspecified atom stereocenters. The standard InChI is InChI=1S/C12H13FIN5O/c1-20-6-12-17-10(5-11(18-12)19-15)16-9-3-2-7(13)4-8(9)14/h2-5H,6,15H2,1H3,(H2,16,17,18,19). The summed E-state index contributed by atoms with van der Waals surface area (Å²) in [7, 11) is 1.56. The van der Waals surface area contributed by atoms with Gasteiger partial charge in [-0.1, -0.05) is 0 Å². The lowest BCUT2D eigenvalue weighted by Gasteiger charge is -2.10. The topological polar surface area (TPSA) is 85.1 Å². The number of nitrogen functional groups attached to an aromatic ring is 1. The minimum Gasteiger partial charge on any atom is -0.377 e. The number of hydrogen-bond donors (Lipinski definition) is 3. The zero-order valence-electron chi connectivity index (χ0n) is 10.7. The molecule has 0 amide bonds. The van der Waals surface area contributed by atoms with Crippen LogP contribution in [0.5, 0.6) is 0 Å². The number of methoxy groups -OCH3 is 1. The molecular formula is C12H13FIN5O. The van der Waals surface area contributed by atoms with Gasteiger partial charge < -0.3 is 15.5 Å². The first-order chi connectivity index (χ1) is 9.62. The minimum absolute atomic E-state index is 0.269. The molecule has 20 heavy (non-hydrogen) atoms. The molecule has 0 spiro atoms. The van der Waals surface area contributed by atoms with Crippen LogP contribution in [0, 0.1) is 9.39 Å². The number of benzene rings is 1. The van der Waals surface area contributed by atoms with Gasteiger partial charge in [0.2, 0.25) is 0 Å². The van der Waals surface area contributed by atoms with Gasteiger partial charge in [0.1, 0.15) is 24.1 Å². The lowest BCUT2D eigenvalue weighted by Crippen LogP contribution is -2.12. The molecule has 0 bridgehead atoms. The molecule has 0 aliphatic heterocycles. The number of hydrogen-bond acceptors (Lipinski definition) is 6. The summed E-state index contributed by atoms with van der Waals surface area (Å²) in [5.41, 5.74) is 3.21. The molecule has 4 N–H and O–H groups in total. The maximum Gasteiger partial charge on any atom is 0.158 e. The first-order valence-electron chi connectivity index (χ1n) is 5.68. The van der Waals surface area contributed by atoms with E-state index in [0.29, 0.717) is 17.5 Å². The maximum atomic E-state index is 13.1. The van der Waals surface area contributed by atoms with Crippen LogP contribution in [0.15, 0.2) is 24.3 Å². The smallest absolute Gasteiger partial charge is 0.158 e. The molecule has 6 nitrogen and oxygen atoms in total. The van der Waals surface area contributed by atoms with Gasteiger partial charge in [-0.15, -0.1) is 0 Å². The molecule has 1 aromatic heterocycles. The fourth-order valence-electron chi connectivity index (χ4n) is 1.56. The summed E-state index contributed by atoms with van der Waals surface area (Å²) in [4.78, 5) is 8.44. The van der Waals surface area contributed by atoms with Crippen LogP contribution < -0.4 is 16.6 Å². The van der Waals surface area contributed by atoms with E-state index in [1.54, 1.807) is 19.2 Å². The van der Waals surface area contributed by atoms with Crippen molar-refractivity contribution in [2.24, 2.45) is 5.84 Å². The largest absolute Gasteiger partial charge is 0.377 e. The quantitative estimate of drug-likeness (QED) is 0.414. The summed E-state index contributed by atoms with van der Waals surface area (Å²) < 4.78 is 18.8. The van der Waals surface area contributed by atoms with Crippen molar-refractivity contribution < 1.29 is 9.13 Å². The van der Waals surface area contributed by atoms with Crippen LogP contribution in [0.4, 0.5) is 21.7 Å². The van der Waals surface area contributed by atoms with Gasteiger partial charge in [-0.25, -0.2) is 20.2 Å². The van der Waals surface area contributed by atoms with Gasteiger partial charge in [-0.3, -0.25) is 0 Å². The third-order valence-electron chi connectivity index (χ3n) is 2.39. The Hall–Kier alpha value is -1.52. The Morgan fingerprint density at radius 3 is 2.70 bits per heavy atom.